The Morgan fingerprint density at radius 1 is 1.37 bits per heavy atom. The average molecular weight is 321 g/mol. The molecule has 1 unspecified atom stereocenters. The minimum atomic E-state index is -0.0270. The number of rotatable bonds is 5. The van der Waals surface area contributed by atoms with Gasteiger partial charge in [-0.1, -0.05) is 41.1 Å². The fourth-order valence-electron chi connectivity index (χ4n) is 1.97. The molecule has 1 N–H and O–H groups in total. The molecule has 1 aromatic carbocycles. The van der Waals surface area contributed by atoms with Gasteiger partial charge in [-0.15, -0.1) is 0 Å². The summed E-state index contributed by atoms with van der Waals surface area (Å²) in [5.74, 6) is -0.0270. The molecular formula is C15H17BrN2O. The third-order valence-electron chi connectivity index (χ3n) is 2.96. The van der Waals surface area contributed by atoms with E-state index >= 15 is 0 Å². The van der Waals surface area contributed by atoms with Crippen LogP contribution in [0.4, 0.5) is 0 Å². The highest BCUT2D eigenvalue weighted by Crippen LogP contribution is 2.16. The quantitative estimate of drug-likeness (QED) is 0.676. The molecule has 0 aliphatic heterocycles. The summed E-state index contributed by atoms with van der Waals surface area (Å²) in [6.07, 6.45) is 3.70. The van der Waals surface area contributed by atoms with E-state index in [0.717, 1.165) is 23.7 Å². The monoisotopic (exact) mass is 320 g/mol. The van der Waals surface area contributed by atoms with Crippen LogP contribution in [0.25, 0.3) is 10.9 Å². The molecule has 0 aliphatic rings. The van der Waals surface area contributed by atoms with E-state index in [1.807, 2.05) is 24.3 Å². The summed E-state index contributed by atoms with van der Waals surface area (Å²) in [5.41, 5.74) is 1.54. The SMILES string of the molecule is CC(Br)CCCNC(=O)c1ccnc2ccccc12. The van der Waals surface area contributed by atoms with Gasteiger partial charge >= 0.3 is 0 Å². The van der Waals surface area contributed by atoms with Gasteiger partial charge in [0.05, 0.1) is 11.1 Å². The number of hydrogen-bond donors (Lipinski definition) is 1. The Balaban J connectivity index is 2.05. The van der Waals surface area contributed by atoms with Crippen molar-refractivity contribution in [3.05, 3.63) is 42.1 Å². The minimum Gasteiger partial charge on any atom is -0.352 e. The van der Waals surface area contributed by atoms with Crippen molar-refractivity contribution in [3.63, 3.8) is 0 Å². The van der Waals surface area contributed by atoms with Crippen LogP contribution < -0.4 is 5.32 Å². The molecule has 100 valence electrons. The van der Waals surface area contributed by atoms with Crippen LogP contribution in [-0.4, -0.2) is 22.3 Å². The van der Waals surface area contributed by atoms with E-state index in [1.165, 1.54) is 0 Å². The van der Waals surface area contributed by atoms with Crippen LogP contribution in [0.15, 0.2) is 36.5 Å². The number of halogens is 1. The number of para-hydroxylation sites is 1. The number of hydrogen-bond acceptors (Lipinski definition) is 2. The van der Waals surface area contributed by atoms with Gasteiger partial charge in [-0.2, -0.15) is 0 Å². The second-order valence-electron chi connectivity index (χ2n) is 4.55. The lowest BCUT2D eigenvalue weighted by Crippen LogP contribution is -2.25. The van der Waals surface area contributed by atoms with E-state index in [1.54, 1.807) is 12.3 Å². The van der Waals surface area contributed by atoms with Crippen molar-refractivity contribution in [2.24, 2.45) is 0 Å². The number of fused-ring (bicyclic) bond motifs is 1. The second kappa shape index (κ2) is 6.66. The minimum absolute atomic E-state index is 0.0270. The van der Waals surface area contributed by atoms with E-state index < -0.39 is 0 Å². The molecule has 1 atom stereocenters. The smallest absolute Gasteiger partial charge is 0.252 e. The number of aromatic nitrogens is 1. The average Bonchev–Trinajstić information content (AvgIpc) is 2.42. The number of alkyl halides is 1. The maximum Gasteiger partial charge on any atom is 0.252 e. The number of carbonyl (C=O) groups is 1. The maximum atomic E-state index is 12.2. The predicted octanol–water partition coefficient (Wildman–Crippen LogP) is 3.53. The number of benzene rings is 1. The molecule has 4 heteroatoms. The summed E-state index contributed by atoms with van der Waals surface area (Å²) in [6, 6.07) is 9.46. The molecule has 19 heavy (non-hydrogen) atoms. The maximum absolute atomic E-state index is 12.2. The van der Waals surface area contributed by atoms with Crippen LogP contribution in [0, 0.1) is 0 Å². The fourth-order valence-corrected chi connectivity index (χ4v) is 2.30. The Hall–Kier alpha value is -1.42. The normalized spacial score (nSPS) is 12.3. The van der Waals surface area contributed by atoms with Crippen molar-refractivity contribution >= 4 is 32.7 Å². The van der Waals surface area contributed by atoms with E-state index in [2.05, 4.69) is 33.2 Å². The molecule has 3 nitrogen and oxygen atoms in total. The Morgan fingerprint density at radius 3 is 2.95 bits per heavy atom. The molecule has 0 saturated heterocycles. The summed E-state index contributed by atoms with van der Waals surface area (Å²) >= 11 is 3.50. The predicted molar refractivity (Wildman–Crippen MR) is 81.7 cm³/mol. The molecule has 1 heterocycles. The van der Waals surface area contributed by atoms with E-state index in [4.69, 9.17) is 0 Å². The molecule has 1 aromatic heterocycles. The number of pyridine rings is 1. The van der Waals surface area contributed by atoms with Crippen LogP contribution in [0.5, 0.6) is 0 Å². The Morgan fingerprint density at radius 2 is 2.16 bits per heavy atom. The molecular weight excluding hydrogens is 304 g/mol. The fraction of sp³-hybridized carbons (Fsp3) is 0.333. The van der Waals surface area contributed by atoms with Crippen molar-refractivity contribution in [3.8, 4) is 0 Å². The Labute approximate surface area is 121 Å². The zero-order valence-electron chi connectivity index (χ0n) is 10.9. The molecule has 0 aliphatic carbocycles. The molecule has 2 rings (SSSR count). The van der Waals surface area contributed by atoms with Crippen LogP contribution in [0.2, 0.25) is 0 Å². The topological polar surface area (TPSA) is 42.0 Å². The Kier molecular flexibility index (Phi) is 4.91. The zero-order chi connectivity index (χ0) is 13.7. The van der Waals surface area contributed by atoms with Gasteiger partial charge in [-0.3, -0.25) is 9.78 Å². The summed E-state index contributed by atoms with van der Waals surface area (Å²) in [5, 5.41) is 3.86. The van der Waals surface area contributed by atoms with Gasteiger partial charge in [-0.05, 0) is 25.0 Å². The summed E-state index contributed by atoms with van der Waals surface area (Å²) in [7, 11) is 0. The van der Waals surface area contributed by atoms with Gasteiger partial charge in [-0.25, -0.2) is 0 Å². The lowest BCUT2D eigenvalue weighted by atomic mass is 10.1. The van der Waals surface area contributed by atoms with Gasteiger partial charge in [0.25, 0.3) is 5.91 Å². The Bertz CT molecular complexity index is 564. The number of carbonyl (C=O) groups excluding carboxylic acids is 1. The van der Waals surface area contributed by atoms with Gasteiger partial charge in [0.2, 0.25) is 0 Å². The second-order valence-corrected chi connectivity index (χ2v) is 6.12. The van der Waals surface area contributed by atoms with Crippen LogP contribution in [0.1, 0.15) is 30.1 Å². The molecule has 2 aromatic rings. The largest absolute Gasteiger partial charge is 0.352 e. The summed E-state index contributed by atoms with van der Waals surface area (Å²) in [4.78, 5) is 16.9. The molecule has 0 fully saturated rings. The summed E-state index contributed by atoms with van der Waals surface area (Å²) in [6.45, 7) is 2.81. The van der Waals surface area contributed by atoms with Crippen molar-refractivity contribution < 1.29 is 4.79 Å². The standard InChI is InChI=1S/C15H17BrN2O/c1-11(16)5-4-9-18-15(19)13-8-10-17-14-7-3-2-6-12(13)14/h2-3,6-8,10-11H,4-5,9H2,1H3,(H,18,19). The zero-order valence-corrected chi connectivity index (χ0v) is 12.5. The lowest BCUT2D eigenvalue weighted by Gasteiger charge is -2.08. The summed E-state index contributed by atoms with van der Waals surface area (Å²) < 4.78 is 0. The molecule has 0 bridgehead atoms. The van der Waals surface area contributed by atoms with E-state index in [0.29, 0.717) is 16.9 Å². The molecule has 1 amide bonds. The third-order valence-corrected chi connectivity index (χ3v) is 3.42. The van der Waals surface area contributed by atoms with Crippen LogP contribution in [0.3, 0.4) is 0 Å². The van der Waals surface area contributed by atoms with Crippen molar-refractivity contribution in [2.45, 2.75) is 24.6 Å². The lowest BCUT2D eigenvalue weighted by molar-refractivity contribution is 0.0954. The van der Waals surface area contributed by atoms with Crippen molar-refractivity contribution in [1.29, 1.82) is 0 Å². The van der Waals surface area contributed by atoms with Crippen LogP contribution >= 0.6 is 15.9 Å². The number of amides is 1. The first-order chi connectivity index (χ1) is 9.18. The van der Waals surface area contributed by atoms with Gasteiger partial charge < -0.3 is 5.32 Å². The van der Waals surface area contributed by atoms with E-state index in [9.17, 15) is 4.79 Å². The third kappa shape index (κ3) is 3.77. The van der Waals surface area contributed by atoms with Gasteiger partial charge in [0.15, 0.2) is 0 Å². The van der Waals surface area contributed by atoms with Crippen LogP contribution in [-0.2, 0) is 0 Å². The van der Waals surface area contributed by atoms with Crippen molar-refractivity contribution in [2.75, 3.05) is 6.54 Å². The highest BCUT2D eigenvalue weighted by atomic mass is 79.9. The van der Waals surface area contributed by atoms with Gasteiger partial charge in [0, 0.05) is 23.0 Å². The number of nitrogens with zero attached hydrogens (tertiary/aromatic N) is 1. The molecule has 0 spiro atoms. The first kappa shape index (κ1) is 14.0. The highest BCUT2D eigenvalue weighted by Gasteiger charge is 2.09. The molecule has 0 saturated carbocycles. The molecule has 0 radical (unpaired) electrons. The first-order valence-corrected chi connectivity index (χ1v) is 7.36. The van der Waals surface area contributed by atoms with Gasteiger partial charge in [0.1, 0.15) is 0 Å². The number of nitrogens with one attached hydrogen (secondary N) is 1. The van der Waals surface area contributed by atoms with Crippen molar-refractivity contribution in [1.82, 2.24) is 10.3 Å². The highest BCUT2D eigenvalue weighted by molar-refractivity contribution is 9.09. The van der Waals surface area contributed by atoms with E-state index in [-0.39, 0.29) is 5.91 Å². The first-order valence-electron chi connectivity index (χ1n) is 6.44.